The summed E-state index contributed by atoms with van der Waals surface area (Å²) in [4.78, 5) is 0. The molecule has 2 N–H and O–H groups in total. The molecule has 1 unspecified atom stereocenters. The number of hydrogen-bond acceptors (Lipinski definition) is 2. The van der Waals surface area contributed by atoms with Gasteiger partial charge in [0.1, 0.15) is 5.75 Å². The minimum Gasteiger partial charge on any atom is -0.494 e. The molecule has 0 aliphatic heterocycles. The topological polar surface area (TPSA) is 35.2 Å². The van der Waals surface area contributed by atoms with Gasteiger partial charge in [0.05, 0.1) is 12.6 Å². The van der Waals surface area contributed by atoms with Gasteiger partial charge in [-0.3, -0.25) is 0 Å². The summed E-state index contributed by atoms with van der Waals surface area (Å²) in [5.74, 6) is 0.873. The van der Waals surface area contributed by atoms with Gasteiger partial charge in [0.25, 0.3) is 0 Å². The van der Waals surface area contributed by atoms with Crippen LogP contribution in [0.25, 0.3) is 0 Å². The van der Waals surface area contributed by atoms with Gasteiger partial charge in [0.2, 0.25) is 0 Å². The maximum Gasteiger partial charge on any atom is 0.119 e. The Morgan fingerprint density at radius 3 is 2.50 bits per heavy atom. The van der Waals surface area contributed by atoms with E-state index in [4.69, 9.17) is 22.1 Å². The van der Waals surface area contributed by atoms with Crippen LogP contribution in [-0.2, 0) is 0 Å². The average molecular weight is 355 g/mol. The van der Waals surface area contributed by atoms with Crippen LogP contribution in [0.15, 0.2) is 46.9 Å². The highest BCUT2D eigenvalue weighted by Gasteiger charge is 2.12. The zero-order chi connectivity index (χ0) is 14.5. The van der Waals surface area contributed by atoms with E-state index in [2.05, 4.69) is 22.9 Å². The SMILES string of the molecule is CCCOc1ccc(C(N)c2ccc(Cl)cc2Br)cc1. The highest BCUT2D eigenvalue weighted by molar-refractivity contribution is 9.10. The van der Waals surface area contributed by atoms with Crippen molar-refractivity contribution in [2.24, 2.45) is 5.73 Å². The molecule has 0 aliphatic carbocycles. The lowest BCUT2D eigenvalue weighted by atomic mass is 10.00. The number of rotatable bonds is 5. The molecule has 0 aromatic heterocycles. The normalized spacial score (nSPS) is 12.2. The highest BCUT2D eigenvalue weighted by atomic mass is 79.9. The van der Waals surface area contributed by atoms with Crippen molar-refractivity contribution in [3.8, 4) is 5.75 Å². The largest absolute Gasteiger partial charge is 0.494 e. The summed E-state index contributed by atoms with van der Waals surface area (Å²) in [6.45, 7) is 2.82. The average Bonchev–Trinajstić information content (AvgIpc) is 2.45. The van der Waals surface area contributed by atoms with Crippen molar-refractivity contribution in [1.82, 2.24) is 0 Å². The Morgan fingerprint density at radius 2 is 1.90 bits per heavy atom. The first-order valence-corrected chi connectivity index (χ1v) is 7.72. The molecule has 2 rings (SSSR count). The quantitative estimate of drug-likeness (QED) is 0.825. The maximum atomic E-state index is 6.30. The van der Waals surface area contributed by atoms with Gasteiger partial charge >= 0.3 is 0 Å². The molecule has 0 heterocycles. The summed E-state index contributed by atoms with van der Waals surface area (Å²) >= 11 is 9.45. The Labute approximate surface area is 133 Å². The van der Waals surface area contributed by atoms with Crippen molar-refractivity contribution in [3.05, 3.63) is 63.1 Å². The second-order valence-electron chi connectivity index (χ2n) is 4.56. The third-order valence-electron chi connectivity index (χ3n) is 3.01. The van der Waals surface area contributed by atoms with E-state index in [1.807, 2.05) is 42.5 Å². The molecule has 0 spiro atoms. The van der Waals surface area contributed by atoms with E-state index in [0.29, 0.717) is 5.02 Å². The molecule has 2 aromatic carbocycles. The van der Waals surface area contributed by atoms with E-state index in [9.17, 15) is 0 Å². The molecule has 0 fully saturated rings. The first-order chi connectivity index (χ1) is 9.61. The Hall–Kier alpha value is -1.03. The predicted molar refractivity (Wildman–Crippen MR) is 87.4 cm³/mol. The van der Waals surface area contributed by atoms with E-state index in [1.54, 1.807) is 0 Å². The molecule has 0 saturated heterocycles. The minimum atomic E-state index is -0.193. The third kappa shape index (κ3) is 3.75. The molecule has 0 saturated carbocycles. The molecule has 1 atom stereocenters. The summed E-state index contributed by atoms with van der Waals surface area (Å²) in [7, 11) is 0. The van der Waals surface area contributed by atoms with E-state index in [1.165, 1.54) is 0 Å². The van der Waals surface area contributed by atoms with Crippen molar-refractivity contribution in [2.75, 3.05) is 6.61 Å². The second kappa shape index (κ2) is 7.11. The smallest absolute Gasteiger partial charge is 0.119 e. The van der Waals surface area contributed by atoms with Crippen LogP contribution in [0.1, 0.15) is 30.5 Å². The first kappa shape index (κ1) is 15.4. The molecule has 4 heteroatoms. The van der Waals surface area contributed by atoms with E-state index in [0.717, 1.165) is 34.4 Å². The minimum absolute atomic E-state index is 0.193. The van der Waals surface area contributed by atoms with Gasteiger partial charge in [-0.15, -0.1) is 0 Å². The van der Waals surface area contributed by atoms with Crippen molar-refractivity contribution >= 4 is 27.5 Å². The van der Waals surface area contributed by atoms with Crippen LogP contribution in [0.5, 0.6) is 5.75 Å². The molecule has 0 aliphatic rings. The predicted octanol–water partition coefficient (Wildman–Crippen LogP) is 4.94. The number of hydrogen-bond donors (Lipinski definition) is 1. The van der Waals surface area contributed by atoms with Crippen molar-refractivity contribution < 1.29 is 4.74 Å². The number of nitrogens with two attached hydrogens (primary N) is 1. The Morgan fingerprint density at radius 1 is 1.20 bits per heavy atom. The molecule has 0 radical (unpaired) electrons. The van der Waals surface area contributed by atoms with Crippen LogP contribution in [0, 0.1) is 0 Å². The third-order valence-corrected chi connectivity index (χ3v) is 3.93. The van der Waals surface area contributed by atoms with Crippen LogP contribution in [-0.4, -0.2) is 6.61 Å². The Bertz CT molecular complexity index is 571. The molecule has 0 amide bonds. The number of benzene rings is 2. The second-order valence-corrected chi connectivity index (χ2v) is 5.85. The zero-order valence-corrected chi connectivity index (χ0v) is 13.6. The van der Waals surface area contributed by atoms with E-state index in [-0.39, 0.29) is 6.04 Å². The summed E-state index contributed by atoms with van der Waals surface area (Å²) in [5.41, 5.74) is 8.35. The Kier molecular flexibility index (Phi) is 5.46. The summed E-state index contributed by atoms with van der Waals surface area (Å²) in [5, 5.41) is 0.691. The lowest BCUT2D eigenvalue weighted by Crippen LogP contribution is -2.12. The summed E-state index contributed by atoms with van der Waals surface area (Å²) in [6, 6.07) is 13.4. The maximum absolute atomic E-state index is 6.30. The molecule has 20 heavy (non-hydrogen) atoms. The fraction of sp³-hybridized carbons (Fsp3) is 0.250. The summed E-state index contributed by atoms with van der Waals surface area (Å²) < 4.78 is 6.49. The van der Waals surface area contributed by atoms with Crippen molar-refractivity contribution in [2.45, 2.75) is 19.4 Å². The van der Waals surface area contributed by atoms with Crippen molar-refractivity contribution in [1.29, 1.82) is 0 Å². The van der Waals surface area contributed by atoms with E-state index >= 15 is 0 Å². The van der Waals surface area contributed by atoms with Crippen molar-refractivity contribution in [3.63, 3.8) is 0 Å². The van der Waals surface area contributed by atoms with Gasteiger partial charge in [-0.25, -0.2) is 0 Å². The number of halogens is 2. The van der Waals surface area contributed by atoms with Gasteiger partial charge in [-0.1, -0.05) is 52.7 Å². The highest BCUT2D eigenvalue weighted by Crippen LogP contribution is 2.29. The van der Waals surface area contributed by atoms with Gasteiger partial charge < -0.3 is 10.5 Å². The van der Waals surface area contributed by atoms with Crippen LogP contribution >= 0.6 is 27.5 Å². The molecular formula is C16H17BrClNO. The van der Waals surface area contributed by atoms with Crippen LogP contribution in [0.3, 0.4) is 0 Å². The molecule has 2 aromatic rings. The molecule has 0 bridgehead atoms. The zero-order valence-electron chi connectivity index (χ0n) is 11.3. The molecular weight excluding hydrogens is 338 g/mol. The standard InChI is InChI=1S/C16H17BrClNO/c1-2-9-20-13-6-3-11(4-7-13)16(19)14-8-5-12(18)10-15(14)17/h3-8,10,16H,2,9,19H2,1H3. The van der Waals surface area contributed by atoms with Gasteiger partial charge in [-0.05, 0) is 41.8 Å². The van der Waals surface area contributed by atoms with Gasteiger partial charge in [0.15, 0.2) is 0 Å². The number of ether oxygens (including phenoxy) is 1. The lowest BCUT2D eigenvalue weighted by Gasteiger charge is -2.15. The van der Waals surface area contributed by atoms with Crippen LogP contribution < -0.4 is 10.5 Å². The van der Waals surface area contributed by atoms with Gasteiger partial charge in [-0.2, -0.15) is 0 Å². The fourth-order valence-corrected chi connectivity index (χ4v) is 2.85. The summed E-state index contributed by atoms with van der Waals surface area (Å²) in [6.07, 6.45) is 0.999. The monoisotopic (exact) mass is 353 g/mol. The Balaban J connectivity index is 2.18. The van der Waals surface area contributed by atoms with Gasteiger partial charge in [0, 0.05) is 9.50 Å². The van der Waals surface area contributed by atoms with E-state index < -0.39 is 0 Å². The lowest BCUT2D eigenvalue weighted by molar-refractivity contribution is 0.317. The first-order valence-electron chi connectivity index (χ1n) is 6.55. The van der Waals surface area contributed by atoms with Crippen LogP contribution in [0.4, 0.5) is 0 Å². The fourth-order valence-electron chi connectivity index (χ4n) is 1.92. The van der Waals surface area contributed by atoms with Crippen LogP contribution in [0.2, 0.25) is 5.02 Å². The molecule has 2 nitrogen and oxygen atoms in total. The molecule has 106 valence electrons.